The van der Waals surface area contributed by atoms with Crippen molar-refractivity contribution in [1.82, 2.24) is 15.2 Å². The lowest BCUT2D eigenvalue weighted by Gasteiger charge is -2.29. The van der Waals surface area contributed by atoms with Crippen molar-refractivity contribution < 1.29 is 14.6 Å². The number of aliphatic imine (C=N–C) groups is 1. The number of amidine groups is 1. The number of aliphatic hydroxyl groups is 1. The van der Waals surface area contributed by atoms with Crippen molar-refractivity contribution in [2.75, 3.05) is 13.1 Å². The zero-order chi connectivity index (χ0) is 21.6. The van der Waals surface area contributed by atoms with Gasteiger partial charge < -0.3 is 9.84 Å². The lowest BCUT2D eigenvalue weighted by Crippen LogP contribution is -2.40. The minimum Gasteiger partial charge on any atom is -0.444 e. The molecule has 0 saturated heterocycles. The summed E-state index contributed by atoms with van der Waals surface area (Å²) in [5.74, 6) is 0.935. The lowest BCUT2D eigenvalue weighted by atomic mass is 10.1. The van der Waals surface area contributed by atoms with Gasteiger partial charge in [0.2, 0.25) is 0 Å². The molecule has 2 rings (SSSR count). The first-order valence-corrected chi connectivity index (χ1v) is 10.3. The number of hydrogen-bond donors (Lipinski definition) is 2. The molecule has 0 bridgehead atoms. The van der Waals surface area contributed by atoms with Gasteiger partial charge in [0.1, 0.15) is 17.7 Å². The van der Waals surface area contributed by atoms with Gasteiger partial charge in [-0.15, -0.1) is 0 Å². The van der Waals surface area contributed by atoms with E-state index >= 15 is 0 Å². The fourth-order valence-electron chi connectivity index (χ4n) is 3.19. The van der Waals surface area contributed by atoms with Crippen LogP contribution in [-0.4, -0.2) is 51.8 Å². The standard InChI is InChI=1S/C22H34N4O3/c1-7-11-26(12-8-2)20(27)17-13-16-10-9-15(3)23-19(16)24-18(14-17)25-21(28)29-22(4,5)6/h9-10,13,20,27H,7-8,11-12,14H2,1-6H3,(H,23,24,25,28). The van der Waals surface area contributed by atoms with Crippen molar-refractivity contribution >= 4 is 23.8 Å². The van der Waals surface area contributed by atoms with Crippen molar-refractivity contribution in [2.24, 2.45) is 4.99 Å². The molecular formula is C22H34N4O3. The second-order valence-corrected chi connectivity index (χ2v) is 8.36. The van der Waals surface area contributed by atoms with Gasteiger partial charge in [0.15, 0.2) is 5.82 Å². The minimum atomic E-state index is -0.757. The van der Waals surface area contributed by atoms with Crippen molar-refractivity contribution in [1.29, 1.82) is 0 Å². The molecule has 7 heteroatoms. The Hall–Kier alpha value is -2.25. The molecule has 2 heterocycles. The summed E-state index contributed by atoms with van der Waals surface area (Å²) < 4.78 is 5.37. The number of carbonyl (C=O) groups is 1. The molecule has 160 valence electrons. The predicted octanol–water partition coefficient (Wildman–Crippen LogP) is 4.17. The van der Waals surface area contributed by atoms with Gasteiger partial charge >= 0.3 is 6.09 Å². The molecule has 1 unspecified atom stereocenters. The van der Waals surface area contributed by atoms with Crippen molar-refractivity contribution in [2.45, 2.75) is 72.6 Å². The Balaban J connectivity index is 2.37. The molecule has 0 aliphatic carbocycles. The average Bonchev–Trinajstić information content (AvgIpc) is 2.77. The van der Waals surface area contributed by atoms with E-state index in [1.807, 2.05) is 50.8 Å². The van der Waals surface area contributed by atoms with Crippen LogP contribution in [-0.2, 0) is 4.74 Å². The maximum Gasteiger partial charge on any atom is 0.413 e. The van der Waals surface area contributed by atoms with E-state index in [0.717, 1.165) is 42.8 Å². The number of amides is 1. The van der Waals surface area contributed by atoms with E-state index in [4.69, 9.17) is 4.74 Å². The number of aliphatic hydroxyl groups excluding tert-OH is 1. The van der Waals surface area contributed by atoms with Crippen LogP contribution in [0.15, 0.2) is 22.7 Å². The Morgan fingerprint density at radius 2 is 1.93 bits per heavy atom. The van der Waals surface area contributed by atoms with Gasteiger partial charge in [0.05, 0.1) is 0 Å². The predicted molar refractivity (Wildman–Crippen MR) is 116 cm³/mol. The number of fused-ring (bicyclic) bond motifs is 1. The third-order valence-electron chi connectivity index (χ3n) is 4.34. The summed E-state index contributed by atoms with van der Waals surface area (Å²) in [6.07, 6.45) is 2.79. The number of carbonyl (C=O) groups excluding carboxylic acids is 1. The van der Waals surface area contributed by atoms with Crippen LogP contribution < -0.4 is 5.32 Å². The highest BCUT2D eigenvalue weighted by Crippen LogP contribution is 2.27. The molecule has 1 atom stereocenters. The molecule has 1 aromatic rings. The molecule has 1 amide bonds. The highest BCUT2D eigenvalue weighted by molar-refractivity contribution is 5.99. The Kier molecular flexibility index (Phi) is 7.93. The van der Waals surface area contributed by atoms with E-state index in [9.17, 15) is 9.90 Å². The van der Waals surface area contributed by atoms with Gasteiger partial charge in [-0.25, -0.2) is 14.8 Å². The zero-order valence-corrected chi connectivity index (χ0v) is 18.5. The second-order valence-electron chi connectivity index (χ2n) is 8.36. The average molecular weight is 403 g/mol. The van der Waals surface area contributed by atoms with Gasteiger partial charge in [-0.2, -0.15) is 0 Å². The summed E-state index contributed by atoms with van der Waals surface area (Å²) in [5, 5.41) is 13.8. The van der Waals surface area contributed by atoms with Crippen LogP contribution in [0.3, 0.4) is 0 Å². The summed E-state index contributed by atoms with van der Waals surface area (Å²) in [6, 6.07) is 3.85. The van der Waals surface area contributed by atoms with Crippen LogP contribution in [0.4, 0.5) is 10.6 Å². The highest BCUT2D eigenvalue weighted by atomic mass is 16.6. The summed E-state index contributed by atoms with van der Waals surface area (Å²) in [6.45, 7) is 13.1. The second kappa shape index (κ2) is 9.98. The maximum atomic E-state index is 12.3. The van der Waals surface area contributed by atoms with Crippen molar-refractivity contribution in [3.63, 3.8) is 0 Å². The highest BCUT2D eigenvalue weighted by Gasteiger charge is 2.25. The van der Waals surface area contributed by atoms with E-state index in [1.54, 1.807) is 0 Å². The van der Waals surface area contributed by atoms with Gasteiger partial charge in [0.25, 0.3) is 0 Å². The fraction of sp³-hybridized carbons (Fsp3) is 0.591. The molecule has 1 aliphatic heterocycles. The van der Waals surface area contributed by atoms with Crippen LogP contribution in [0.25, 0.3) is 6.08 Å². The van der Waals surface area contributed by atoms with E-state index in [-0.39, 0.29) is 0 Å². The number of aryl methyl sites for hydroxylation is 1. The van der Waals surface area contributed by atoms with Gasteiger partial charge in [-0.1, -0.05) is 13.8 Å². The van der Waals surface area contributed by atoms with Gasteiger partial charge in [0, 0.05) is 30.8 Å². The molecule has 0 spiro atoms. The smallest absolute Gasteiger partial charge is 0.413 e. The summed E-state index contributed by atoms with van der Waals surface area (Å²) in [4.78, 5) is 23.4. The lowest BCUT2D eigenvalue weighted by molar-refractivity contribution is 0.0321. The molecule has 29 heavy (non-hydrogen) atoms. The zero-order valence-electron chi connectivity index (χ0n) is 18.5. The van der Waals surface area contributed by atoms with Gasteiger partial charge in [-0.3, -0.25) is 10.2 Å². The van der Waals surface area contributed by atoms with Gasteiger partial charge in [-0.05, 0) is 64.3 Å². The van der Waals surface area contributed by atoms with Crippen molar-refractivity contribution in [3.8, 4) is 0 Å². The number of ether oxygens (including phenoxy) is 1. The Bertz CT molecular complexity index is 775. The van der Waals surface area contributed by atoms with Crippen LogP contribution in [0.1, 0.15) is 65.1 Å². The van der Waals surface area contributed by atoms with E-state index in [2.05, 4.69) is 29.1 Å². The SMILES string of the molecule is CCCN(CCC)C(O)C1=Cc2ccc(C)nc2N=C(NC(=O)OC(C)(C)C)C1. The molecule has 1 aromatic heterocycles. The molecule has 0 aromatic carbocycles. The number of nitrogens with zero attached hydrogens (tertiary/aromatic N) is 3. The first-order valence-electron chi connectivity index (χ1n) is 10.3. The van der Waals surface area contributed by atoms with Crippen LogP contribution >= 0.6 is 0 Å². The molecule has 1 aliphatic rings. The molecule has 2 N–H and O–H groups in total. The fourth-order valence-corrected chi connectivity index (χ4v) is 3.19. The van der Waals surface area contributed by atoms with E-state index in [0.29, 0.717) is 18.1 Å². The number of pyridine rings is 1. The summed E-state index contributed by atoms with van der Waals surface area (Å²) in [5.41, 5.74) is 1.81. The maximum absolute atomic E-state index is 12.3. The van der Waals surface area contributed by atoms with Crippen molar-refractivity contribution in [3.05, 3.63) is 29.0 Å². The normalized spacial score (nSPS) is 15.2. The molecule has 0 saturated carbocycles. The van der Waals surface area contributed by atoms with Crippen LogP contribution in [0.5, 0.6) is 0 Å². The Morgan fingerprint density at radius 3 is 2.52 bits per heavy atom. The molecular weight excluding hydrogens is 368 g/mol. The Morgan fingerprint density at radius 1 is 1.28 bits per heavy atom. The molecule has 0 fully saturated rings. The number of alkyl carbamates (subject to hydrolysis) is 1. The first-order chi connectivity index (χ1) is 13.6. The summed E-state index contributed by atoms with van der Waals surface area (Å²) in [7, 11) is 0. The summed E-state index contributed by atoms with van der Waals surface area (Å²) >= 11 is 0. The van der Waals surface area contributed by atoms with E-state index < -0.39 is 17.9 Å². The number of aromatic nitrogens is 1. The third kappa shape index (κ3) is 6.94. The van der Waals surface area contributed by atoms with Crippen LogP contribution in [0, 0.1) is 6.92 Å². The minimum absolute atomic E-state index is 0.305. The molecule has 0 radical (unpaired) electrons. The number of rotatable bonds is 6. The third-order valence-corrected chi connectivity index (χ3v) is 4.34. The molecule has 7 nitrogen and oxygen atoms in total. The van der Waals surface area contributed by atoms with Crippen LogP contribution in [0.2, 0.25) is 0 Å². The number of nitrogens with one attached hydrogen (secondary N) is 1. The quantitative estimate of drug-likeness (QED) is 0.697. The topological polar surface area (TPSA) is 87.0 Å². The van der Waals surface area contributed by atoms with E-state index in [1.165, 1.54) is 0 Å². The Labute approximate surface area is 173 Å². The first kappa shape index (κ1) is 23.0. The number of hydrogen-bond acceptors (Lipinski definition) is 6. The largest absolute Gasteiger partial charge is 0.444 e. The monoisotopic (exact) mass is 402 g/mol.